The van der Waals surface area contributed by atoms with E-state index in [2.05, 4.69) is 112 Å². The fourth-order valence-electron chi connectivity index (χ4n) is 12.1. The molecule has 1 saturated heterocycles. The molecule has 562 valence electrons. The Balaban J connectivity index is 0.000000154. The highest BCUT2D eigenvalue weighted by atomic mass is 16.5. The number of H-pyrrole nitrogens is 3. The van der Waals surface area contributed by atoms with E-state index in [1.165, 1.54) is 14.2 Å². The zero-order valence-electron chi connectivity index (χ0n) is 62.3. The Kier molecular flexibility index (Phi) is 23.6. The third kappa shape index (κ3) is 17.4. The predicted octanol–water partition coefficient (Wildman–Crippen LogP) is 13.1. The van der Waals surface area contributed by atoms with Crippen molar-refractivity contribution in [2.45, 2.75) is 65.8 Å². The number of ether oxygens (including phenoxy) is 8. The molecule has 0 bridgehead atoms. The average Bonchev–Trinajstić information content (AvgIpc) is 1.66. The molecule has 1 aliphatic heterocycles. The number of benzene rings is 4. The van der Waals surface area contributed by atoms with Crippen LogP contribution in [0.15, 0.2) is 152 Å². The number of aryl methyl sites for hydroxylation is 1. The minimum Gasteiger partial charge on any atom is -0.495 e. The SMILES string of the molecule is CCOc1ccc(-c2c[nH]c3nc(Nc4ccc(C(=O)NC)cc4OC)nc(OC(C)C)c23)cn1.CNC(=O)c1ccc(Nc2nc(OC(C)C)c3c(-c4ccnc(N)c4)c[nH]c3n2)c(OC)c1.CNC(=O)c1ccc(Nc2nc(OC3CCOCC3)c3c(-c4ccc(-c5cccn5C)cc4)c[nH]c3n2)c(OC)c1. The summed E-state index contributed by atoms with van der Waals surface area (Å²) in [6.07, 6.45) is 12.4. The molecule has 0 atom stereocenters. The van der Waals surface area contributed by atoms with E-state index < -0.39 is 0 Å². The number of aromatic nitrogens is 12. The minimum absolute atomic E-state index is 0.0152. The topological polar surface area (TPSA) is 379 Å². The third-order valence-electron chi connectivity index (χ3n) is 17.3. The maximum atomic E-state index is 12.1. The first kappa shape index (κ1) is 75.2. The van der Waals surface area contributed by atoms with Gasteiger partial charge in [-0.05, 0) is 136 Å². The van der Waals surface area contributed by atoms with Gasteiger partial charge in [-0.2, -0.15) is 29.9 Å². The number of nitrogens with two attached hydrogens (primary N) is 1. The van der Waals surface area contributed by atoms with Crippen LogP contribution in [0.4, 0.5) is 40.7 Å². The van der Waals surface area contributed by atoms with Crippen LogP contribution in [0.3, 0.4) is 0 Å². The third-order valence-corrected chi connectivity index (χ3v) is 17.3. The van der Waals surface area contributed by atoms with Crippen LogP contribution in [-0.4, -0.2) is 158 Å². The van der Waals surface area contributed by atoms with Crippen LogP contribution < -0.4 is 70.8 Å². The maximum Gasteiger partial charge on any atom is 0.251 e. The fourth-order valence-corrected chi connectivity index (χ4v) is 12.1. The van der Waals surface area contributed by atoms with Gasteiger partial charge < -0.3 is 95.0 Å². The molecule has 4 aromatic carbocycles. The van der Waals surface area contributed by atoms with E-state index in [1.807, 2.05) is 90.7 Å². The Morgan fingerprint density at radius 1 is 0.541 bits per heavy atom. The number of carbonyl (C=O) groups excluding carboxylic acids is 3. The molecular weight excluding hydrogens is 1390 g/mol. The quantitative estimate of drug-likeness (QED) is 0.0269. The molecule has 30 nitrogen and oxygen atoms in total. The number of nitrogens with one attached hydrogen (secondary N) is 9. The smallest absolute Gasteiger partial charge is 0.251 e. The van der Waals surface area contributed by atoms with Crippen LogP contribution in [0, 0.1) is 0 Å². The molecular formula is C79H85N19O11. The van der Waals surface area contributed by atoms with Gasteiger partial charge in [-0.25, -0.2) is 9.97 Å². The van der Waals surface area contributed by atoms with Crippen LogP contribution in [-0.2, 0) is 11.8 Å². The summed E-state index contributed by atoms with van der Waals surface area (Å²) in [5, 5.41) is 19.7. The summed E-state index contributed by atoms with van der Waals surface area (Å²) in [6, 6.07) is 35.3. The molecule has 0 aliphatic carbocycles. The first-order valence-corrected chi connectivity index (χ1v) is 35.2. The van der Waals surface area contributed by atoms with Gasteiger partial charge in [-0.3, -0.25) is 14.4 Å². The van der Waals surface area contributed by atoms with E-state index in [0.717, 1.165) is 73.6 Å². The second-order valence-electron chi connectivity index (χ2n) is 25.3. The van der Waals surface area contributed by atoms with Crippen molar-refractivity contribution in [3.63, 3.8) is 0 Å². The Morgan fingerprint density at radius 3 is 1.39 bits per heavy atom. The second kappa shape index (κ2) is 34.2. The number of nitrogens with zero attached hydrogens (tertiary/aromatic N) is 9. The lowest BCUT2D eigenvalue weighted by Gasteiger charge is -2.23. The number of aromatic amines is 3. The van der Waals surface area contributed by atoms with Gasteiger partial charge in [0.25, 0.3) is 17.7 Å². The summed E-state index contributed by atoms with van der Waals surface area (Å²) in [5.41, 5.74) is 18.7. The van der Waals surface area contributed by atoms with E-state index >= 15 is 0 Å². The lowest BCUT2D eigenvalue weighted by Crippen LogP contribution is -2.26. The summed E-state index contributed by atoms with van der Waals surface area (Å²) < 4.78 is 48.2. The van der Waals surface area contributed by atoms with Gasteiger partial charge in [0, 0.05) is 129 Å². The zero-order valence-corrected chi connectivity index (χ0v) is 62.3. The molecule has 9 aromatic heterocycles. The molecule has 0 radical (unpaired) electrons. The normalized spacial score (nSPS) is 12.0. The van der Waals surface area contributed by atoms with Gasteiger partial charge in [0.1, 0.15) is 46.1 Å². The van der Waals surface area contributed by atoms with Crippen molar-refractivity contribution in [1.29, 1.82) is 0 Å². The number of anilines is 7. The molecule has 11 N–H and O–H groups in total. The first-order chi connectivity index (χ1) is 52.8. The van der Waals surface area contributed by atoms with Crippen LogP contribution in [0.2, 0.25) is 0 Å². The molecule has 13 aromatic rings. The number of methoxy groups -OCH3 is 3. The monoisotopic (exact) mass is 1480 g/mol. The highest BCUT2D eigenvalue weighted by Gasteiger charge is 2.26. The van der Waals surface area contributed by atoms with Crippen molar-refractivity contribution in [3.05, 3.63) is 169 Å². The van der Waals surface area contributed by atoms with E-state index in [-0.39, 0.29) is 36.0 Å². The predicted molar refractivity (Wildman–Crippen MR) is 419 cm³/mol. The van der Waals surface area contributed by atoms with Gasteiger partial charge in [-0.15, -0.1) is 0 Å². The van der Waals surface area contributed by atoms with Crippen molar-refractivity contribution >= 4 is 91.5 Å². The number of amides is 3. The Labute approximate surface area is 627 Å². The van der Waals surface area contributed by atoms with Crippen molar-refractivity contribution in [2.24, 2.45) is 7.05 Å². The van der Waals surface area contributed by atoms with Gasteiger partial charge in [0.15, 0.2) is 0 Å². The number of carbonyl (C=O) groups is 3. The van der Waals surface area contributed by atoms with Crippen LogP contribution >= 0.6 is 0 Å². The summed E-state index contributed by atoms with van der Waals surface area (Å²) in [7, 11) is 11.4. The van der Waals surface area contributed by atoms with Crippen molar-refractivity contribution in [2.75, 3.05) is 84.0 Å². The van der Waals surface area contributed by atoms with Gasteiger partial charge >= 0.3 is 0 Å². The van der Waals surface area contributed by atoms with E-state index in [9.17, 15) is 14.4 Å². The molecule has 30 heteroatoms. The maximum absolute atomic E-state index is 12.1. The van der Waals surface area contributed by atoms with Gasteiger partial charge in [0.05, 0.1) is 86.6 Å². The molecule has 14 rings (SSSR count). The highest BCUT2D eigenvalue weighted by molar-refractivity contribution is 6.01. The number of nitrogen functional groups attached to an aromatic ring is 1. The molecule has 1 aliphatic rings. The summed E-state index contributed by atoms with van der Waals surface area (Å²) >= 11 is 0. The fraction of sp³-hybridized carbons (Fsp3) is 0.253. The molecule has 1 fully saturated rings. The Bertz CT molecular complexity index is 5380. The first-order valence-electron chi connectivity index (χ1n) is 35.2. The van der Waals surface area contributed by atoms with Gasteiger partial charge in [-0.1, -0.05) is 24.3 Å². The largest absolute Gasteiger partial charge is 0.495 e. The van der Waals surface area contributed by atoms with Crippen molar-refractivity contribution < 1.29 is 52.3 Å². The molecule has 0 unspecified atom stereocenters. The number of pyridine rings is 2. The summed E-state index contributed by atoms with van der Waals surface area (Å²) in [4.78, 5) is 82.3. The number of hydrogen-bond acceptors (Lipinski definition) is 23. The lowest BCUT2D eigenvalue weighted by molar-refractivity contribution is 0.0244. The second-order valence-corrected chi connectivity index (χ2v) is 25.3. The van der Waals surface area contributed by atoms with Crippen molar-refractivity contribution in [1.82, 2.24) is 75.3 Å². The summed E-state index contributed by atoms with van der Waals surface area (Å²) in [5.74, 6) is 4.14. The minimum atomic E-state index is -0.208. The highest BCUT2D eigenvalue weighted by Crippen LogP contribution is 2.41. The van der Waals surface area contributed by atoms with Gasteiger partial charge in [0.2, 0.25) is 41.4 Å². The molecule has 3 amide bonds. The molecule has 0 spiro atoms. The van der Waals surface area contributed by atoms with Crippen LogP contribution in [0.1, 0.15) is 78.5 Å². The number of rotatable bonds is 24. The molecule has 109 heavy (non-hydrogen) atoms. The number of fused-ring (bicyclic) bond motifs is 3. The molecule has 10 heterocycles. The van der Waals surface area contributed by atoms with Crippen LogP contribution in [0.5, 0.6) is 40.8 Å². The Morgan fingerprint density at radius 2 is 0.982 bits per heavy atom. The van der Waals surface area contributed by atoms with Crippen molar-refractivity contribution in [3.8, 4) is 85.4 Å². The molecule has 0 saturated carbocycles. The standard InChI is InChI=1S/C31H32N6O4.C25H28N6O4.C23H25N7O3/c1-32-29(38)21-10-11-24(26(17-21)39-3)34-31-35-28-27(30(36-31)41-22-12-15-40-16-13-22)23(18-33-28)19-6-8-20(9-7-19)25-5-4-14-37(25)2;1-6-34-20-10-8-16(12-27-20)17-13-28-22-21(17)24(35-14(2)3)31-25(30-22)29-18-9-7-15(23(32)26-4)11-19(18)33-5;1-12(2)33-22-19-15(13-7-8-26-18(24)10-13)11-27-20(19)29-23(30-22)28-16-6-5-14(21(31)25-3)9-17(16)32-4/h4-11,14,17-18,22H,12-13,15-16H2,1-3H3,(H,32,38)(H2,33,34,35,36);7-14H,6H2,1-5H3,(H,26,32)(H2,28,29,30,31);5-12H,1-4H3,(H2,24,26)(H,25,31)(H2,27,28,29,30). The zero-order chi connectivity index (χ0) is 76.8. The Hall–Kier alpha value is -13.5. The van der Waals surface area contributed by atoms with E-state index in [0.29, 0.717) is 135 Å². The summed E-state index contributed by atoms with van der Waals surface area (Å²) in [6.45, 7) is 11.5. The lowest BCUT2D eigenvalue weighted by atomic mass is 10.0. The van der Waals surface area contributed by atoms with E-state index in [1.54, 1.807) is 101 Å². The average molecular weight is 1480 g/mol. The number of hydrogen-bond donors (Lipinski definition) is 10. The van der Waals surface area contributed by atoms with Crippen LogP contribution in [0.25, 0.3) is 77.7 Å². The van der Waals surface area contributed by atoms with E-state index in [4.69, 9.17) is 53.6 Å².